The minimum absolute atomic E-state index is 0.413. The van der Waals surface area contributed by atoms with Crippen molar-refractivity contribution in [2.45, 2.75) is 25.7 Å². The fraction of sp³-hybridized carbons (Fsp3) is 0.500. The van der Waals surface area contributed by atoms with Gasteiger partial charge >= 0.3 is 11.4 Å². The van der Waals surface area contributed by atoms with Crippen LogP contribution in [-0.4, -0.2) is 60.9 Å². The van der Waals surface area contributed by atoms with Gasteiger partial charge in [-0.05, 0) is 47.6 Å². The largest absolute Gasteiger partial charge is 0.500 e. The van der Waals surface area contributed by atoms with Gasteiger partial charge in [-0.25, -0.2) is 0 Å². The highest BCUT2D eigenvalue weighted by Crippen LogP contribution is 2.28. The van der Waals surface area contributed by atoms with Gasteiger partial charge in [0.1, 0.15) is 24.4 Å². The molecule has 0 bridgehead atoms. The summed E-state index contributed by atoms with van der Waals surface area (Å²) < 4.78 is 21.5. The van der Waals surface area contributed by atoms with E-state index in [9.17, 15) is 0 Å². The Kier molecular flexibility index (Phi) is 8.80. The molecule has 0 unspecified atom stereocenters. The third-order valence-corrected chi connectivity index (χ3v) is 5.74. The quantitative estimate of drug-likeness (QED) is 0.306. The van der Waals surface area contributed by atoms with Gasteiger partial charge in [0.15, 0.2) is 0 Å². The van der Waals surface area contributed by atoms with Gasteiger partial charge in [-0.2, -0.15) is 21.3 Å². The van der Waals surface area contributed by atoms with Crippen molar-refractivity contribution in [3.05, 3.63) is 57.4 Å². The molecule has 9 heteroatoms. The molecule has 0 fully saturated rings. The predicted octanol–water partition coefficient (Wildman–Crippen LogP) is 3.51. The van der Waals surface area contributed by atoms with Crippen LogP contribution in [0.25, 0.3) is 11.1 Å². The standard InChI is InChI=1S/C20H26N4O4S/c1-25-17-11-15(23-21)19(27-3)9-13(17)5-7-29-8-6-14-10-20(28-4)16(24-22)12-18(14)26-2/h9-10H,5-8,11-12H2,1-4H3. The summed E-state index contributed by atoms with van der Waals surface area (Å²) in [6, 6.07) is 0. The molecule has 0 spiro atoms. The molecule has 0 aromatic carbocycles. The highest BCUT2D eigenvalue weighted by atomic mass is 32.2. The molecule has 0 amide bonds. The second kappa shape index (κ2) is 11.3. The van der Waals surface area contributed by atoms with E-state index >= 15 is 0 Å². The summed E-state index contributed by atoms with van der Waals surface area (Å²) in [5.74, 6) is 4.51. The lowest BCUT2D eigenvalue weighted by Gasteiger charge is -2.17. The normalized spacial score (nSPS) is 16.7. The van der Waals surface area contributed by atoms with Crippen LogP contribution < -0.4 is 0 Å². The number of rotatable bonds is 10. The first-order chi connectivity index (χ1) is 14.1. The fourth-order valence-corrected chi connectivity index (χ4v) is 4.10. The number of hydrogen-bond acceptors (Lipinski definition) is 5. The fourth-order valence-electron chi connectivity index (χ4n) is 3.17. The van der Waals surface area contributed by atoms with Crippen molar-refractivity contribution in [3.63, 3.8) is 0 Å². The molecule has 0 saturated carbocycles. The molecule has 0 aromatic heterocycles. The number of nitrogens with zero attached hydrogens (tertiary/aromatic N) is 4. The van der Waals surface area contributed by atoms with E-state index in [4.69, 9.17) is 30.0 Å². The van der Waals surface area contributed by atoms with E-state index in [1.807, 2.05) is 23.9 Å². The first kappa shape index (κ1) is 22.6. The van der Waals surface area contributed by atoms with E-state index in [-0.39, 0.29) is 0 Å². The van der Waals surface area contributed by atoms with Crippen LogP contribution in [0, 0.1) is 0 Å². The van der Waals surface area contributed by atoms with Crippen LogP contribution in [0.2, 0.25) is 0 Å². The van der Waals surface area contributed by atoms with Gasteiger partial charge in [0.2, 0.25) is 11.5 Å². The maximum absolute atomic E-state index is 9.11. The SMILES string of the molecule is COC1=CC(CCSCCC2=C(OC)CC(=[N+]=[N-])C(OC)=C2)=C(OC)CC1=[N+]=[N-]. The van der Waals surface area contributed by atoms with Crippen LogP contribution in [0.4, 0.5) is 0 Å². The molecule has 0 aliphatic heterocycles. The van der Waals surface area contributed by atoms with Gasteiger partial charge in [-0.1, -0.05) is 0 Å². The first-order valence-corrected chi connectivity index (χ1v) is 10.3. The Bertz CT molecular complexity index is 790. The molecule has 2 aliphatic rings. The lowest BCUT2D eigenvalue weighted by molar-refractivity contribution is -0.0127. The van der Waals surface area contributed by atoms with Crippen molar-refractivity contribution < 1.29 is 28.5 Å². The zero-order valence-corrected chi connectivity index (χ0v) is 18.0. The first-order valence-electron chi connectivity index (χ1n) is 9.15. The second-order valence-electron chi connectivity index (χ2n) is 6.29. The average Bonchev–Trinajstić information content (AvgIpc) is 2.77. The molecular formula is C20H26N4O4S. The number of thioether (sulfide) groups is 1. The molecular weight excluding hydrogens is 392 g/mol. The summed E-state index contributed by atoms with van der Waals surface area (Å²) in [5, 5.41) is 0. The monoisotopic (exact) mass is 418 g/mol. The minimum Gasteiger partial charge on any atom is -0.500 e. The van der Waals surface area contributed by atoms with Crippen molar-refractivity contribution in [1.29, 1.82) is 0 Å². The molecule has 0 heterocycles. The Morgan fingerprint density at radius 3 is 1.48 bits per heavy atom. The van der Waals surface area contributed by atoms with E-state index in [2.05, 4.69) is 9.58 Å². The molecule has 0 N–H and O–H groups in total. The van der Waals surface area contributed by atoms with Crippen LogP contribution >= 0.6 is 11.8 Å². The maximum atomic E-state index is 9.11. The number of ether oxygens (including phenoxy) is 4. The summed E-state index contributed by atoms with van der Waals surface area (Å²) in [6.45, 7) is 0. The summed E-state index contributed by atoms with van der Waals surface area (Å²) in [6.07, 6.45) is 6.19. The van der Waals surface area contributed by atoms with Crippen LogP contribution in [0.15, 0.2) is 46.3 Å². The third kappa shape index (κ3) is 5.64. The van der Waals surface area contributed by atoms with E-state index in [1.165, 1.54) is 0 Å². The van der Waals surface area contributed by atoms with E-state index < -0.39 is 0 Å². The Labute approximate surface area is 175 Å². The number of methoxy groups -OCH3 is 4. The highest BCUT2D eigenvalue weighted by Gasteiger charge is 2.28. The molecule has 2 aliphatic carbocycles. The summed E-state index contributed by atoms with van der Waals surface area (Å²) in [7, 11) is 6.35. The van der Waals surface area contributed by atoms with Crippen LogP contribution in [0.1, 0.15) is 25.7 Å². The zero-order chi connectivity index (χ0) is 21.2. The molecule has 0 saturated heterocycles. The molecule has 29 heavy (non-hydrogen) atoms. The van der Waals surface area contributed by atoms with Crippen LogP contribution in [0.3, 0.4) is 0 Å². The van der Waals surface area contributed by atoms with Crippen LogP contribution in [0.5, 0.6) is 0 Å². The van der Waals surface area contributed by atoms with Crippen molar-refractivity contribution in [1.82, 2.24) is 0 Å². The maximum Gasteiger partial charge on any atom is 0.340 e. The zero-order valence-electron chi connectivity index (χ0n) is 17.2. The second-order valence-corrected chi connectivity index (χ2v) is 7.51. The van der Waals surface area contributed by atoms with Crippen LogP contribution in [-0.2, 0) is 18.9 Å². The average molecular weight is 419 g/mol. The Morgan fingerprint density at radius 1 is 0.759 bits per heavy atom. The minimum atomic E-state index is 0.413. The smallest absolute Gasteiger partial charge is 0.340 e. The van der Waals surface area contributed by atoms with Crippen molar-refractivity contribution in [3.8, 4) is 0 Å². The predicted molar refractivity (Wildman–Crippen MR) is 111 cm³/mol. The molecule has 156 valence electrons. The number of allylic oxidation sites excluding steroid dienone is 8. The topological polar surface area (TPSA) is 110 Å². The van der Waals surface area contributed by atoms with Gasteiger partial charge in [-0.3, -0.25) is 0 Å². The highest BCUT2D eigenvalue weighted by molar-refractivity contribution is 7.99. The third-order valence-electron chi connectivity index (χ3n) is 4.76. The van der Waals surface area contributed by atoms with Gasteiger partial charge in [0.25, 0.3) is 0 Å². The summed E-state index contributed by atoms with van der Waals surface area (Å²) in [5.41, 5.74) is 21.2. The van der Waals surface area contributed by atoms with Crippen molar-refractivity contribution >= 4 is 23.2 Å². The van der Waals surface area contributed by atoms with E-state index in [1.54, 1.807) is 28.4 Å². The molecule has 0 atom stereocenters. The summed E-state index contributed by atoms with van der Waals surface area (Å²) in [4.78, 5) is 6.56. The van der Waals surface area contributed by atoms with Gasteiger partial charge in [0.05, 0.1) is 28.4 Å². The Morgan fingerprint density at radius 2 is 1.17 bits per heavy atom. The van der Waals surface area contributed by atoms with Gasteiger partial charge in [0, 0.05) is 0 Å². The molecule has 8 nitrogen and oxygen atoms in total. The molecule has 0 aromatic rings. The summed E-state index contributed by atoms with van der Waals surface area (Å²) >= 11 is 1.82. The molecule has 0 radical (unpaired) electrons. The van der Waals surface area contributed by atoms with Crippen molar-refractivity contribution in [2.24, 2.45) is 0 Å². The number of hydrogen-bond donors (Lipinski definition) is 0. The Hall–Kier alpha value is -2.73. The van der Waals surface area contributed by atoms with Gasteiger partial charge in [-0.15, -0.1) is 0 Å². The molecule has 2 rings (SSSR count). The lowest BCUT2D eigenvalue weighted by Crippen LogP contribution is -2.15. The van der Waals surface area contributed by atoms with Crippen molar-refractivity contribution in [2.75, 3.05) is 39.9 Å². The Balaban J connectivity index is 1.94. The van der Waals surface area contributed by atoms with E-state index in [0.717, 1.165) is 47.0 Å². The lowest BCUT2D eigenvalue weighted by atomic mass is 10.00. The van der Waals surface area contributed by atoms with Gasteiger partial charge < -0.3 is 30.0 Å². The van der Waals surface area contributed by atoms with E-state index in [0.29, 0.717) is 35.8 Å².